The molecule has 0 saturated heterocycles. The molecule has 0 unspecified atom stereocenters. The third-order valence-corrected chi connectivity index (χ3v) is 1.85. The van der Waals surface area contributed by atoms with Gasteiger partial charge >= 0.3 is 0 Å². The van der Waals surface area contributed by atoms with E-state index in [4.69, 9.17) is 11.0 Å². The molecule has 0 amide bonds. The maximum Gasteiger partial charge on any atom is 0.133 e. The summed E-state index contributed by atoms with van der Waals surface area (Å²) in [4.78, 5) is 0. The van der Waals surface area contributed by atoms with Gasteiger partial charge in [-0.15, -0.1) is 0 Å². The number of hydrogen-bond donors (Lipinski definition) is 2. The second-order valence-corrected chi connectivity index (χ2v) is 2.86. The van der Waals surface area contributed by atoms with Crippen LogP contribution in [0.5, 0.6) is 5.75 Å². The first-order valence-corrected chi connectivity index (χ1v) is 4.20. The smallest absolute Gasteiger partial charge is 0.133 e. The van der Waals surface area contributed by atoms with Crippen LogP contribution in [0.1, 0.15) is 17.5 Å². The third kappa shape index (κ3) is 2.46. The lowest BCUT2D eigenvalue weighted by atomic mass is 10.1. The fourth-order valence-corrected chi connectivity index (χ4v) is 1.13. The average Bonchev–Trinajstić information content (AvgIpc) is 2.16. The normalized spacial score (nSPS) is 9.54. The number of hydrogen-bond acceptors (Lipinski definition) is 3. The van der Waals surface area contributed by atoms with E-state index in [0.717, 1.165) is 18.4 Å². The molecule has 0 saturated carbocycles. The van der Waals surface area contributed by atoms with Gasteiger partial charge in [0, 0.05) is 0 Å². The number of phenolic OH excluding ortho intramolecular Hbond substituents is 1. The molecule has 0 aliphatic rings. The first kappa shape index (κ1) is 9.56. The summed E-state index contributed by atoms with van der Waals surface area (Å²) in [5, 5.41) is 17.8. The Bertz CT molecular complexity index is 328. The molecule has 0 aromatic heterocycles. The predicted octanol–water partition coefficient (Wildman–Crippen LogP) is 1.16. The van der Waals surface area contributed by atoms with Gasteiger partial charge in [0.1, 0.15) is 11.8 Å². The van der Waals surface area contributed by atoms with Gasteiger partial charge in [-0.1, -0.05) is 6.07 Å². The summed E-state index contributed by atoms with van der Waals surface area (Å²) in [7, 11) is 0. The minimum absolute atomic E-state index is 0.0407. The zero-order valence-electron chi connectivity index (χ0n) is 7.33. The lowest BCUT2D eigenvalue weighted by Gasteiger charge is -2.01. The van der Waals surface area contributed by atoms with Crippen molar-refractivity contribution in [3.05, 3.63) is 29.3 Å². The van der Waals surface area contributed by atoms with Crippen molar-refractivity contribution in [3.63, 3.8) is 0 Å². The molecular weight excluding hydrogens is 164 g/mol. The van der Waals surface area contributed by atoms with E-state index < -0.39 is 0 Å². The Labute approximate surface area is 77.4 Å². The van der Waals surface area contributed by atoms with Gasteiger partial charge in [0.05, 0.1) is 5.56 Å². The molecule has 0 fully saturated rings. The Morgan fingerprint density at radius 2 is 2.23 bits per heavy atom. The molecule has 3 N–H and O–H groups in total. The highest BCUT2D eigenvalue weighted by molar-refractivity contribution is 5.44. The van der Waals surface area contributed by atoms with Gasteiger partial charge < -0.3 is 10.8 Å². The SMILES string of the molecule is N#Cc1cc(CCCN)ccc1O. The molecule has 3 heteroatoms. The van der Waals surface area contributed by atoms with Crippen molar-refractivity contribution in [3.8, 4) is 11.8 Å². The van der Waals surface area contributed by atoms with Crippen LogP contribution in [0.3, 0.4) is 0 Å². The van der Waals surface area contributed by atoms with E-state index in [1.807, 2.05) is 12.1 Å². The van der Waals surface area contributed by atoms with Gasteiger partial charge in [0.2, 0.25) is 0 Å². The van der Waals surface area contributed by atoms with E-state index in [-0.39, 0.29) is 5.75 Å². The Morgan fingerprint density at radius 1 is 1.46 bits per heavy atom. The van der Waals surface area contributed by atoms with E-state index in [1.165, 1.54) is 0 Å². The van der Waals surface area contributed by atoms with Crippen molar-refractivity contribution in [2.24, 2.45) is 5.73 Å². The standard InChI is InChI=1S/C10H12N2O/c11-5-1-2-8-3-4-10(13)9(6-8)7-12/h3-4,6,13H,1-2,5,11H2. The summed E-state index contributed by atoms with van der Waals surface area (Å²) in [6.45, 7) is 0.642. The van der Waals surface area contributed by atoms with Crippen LogP contribution in [0.4, 0.5) is 0 Å². The Hall–Kier alpha value is -1.53. The van der Waals surface area contributed by atoms with Crippen molar-refractivity contribution in [1.82, 2.24) is 0 Å². The molecular formula is C10H12N2O. The lowest BCUT2D eigenvalue weighted by Crippen LogP contribution is -2.00. The second-order valence-electron chi connectivity index (χ2n) is 2.86. The van der Waals surface area contributed by atoms with E-state index in [2.05, 4.69) is 0 Å². The number of nitrogens with two attached hydrogens (primary N) is 1. The largest absolute Gasteiger partial charge is 0.507 e. The van der Waals surface area contributed by atoms with Gasteiger partial charge in [-0.3, -0.25) is 0 Å². The number of aromatic hydroxyl groups is 1. The summed E-state index contributed by atoms with van der Waals surface area (Å²) in [6.07, 6.45) is 1.75. The van der Waals surface area contributed by atoms with Gasteiger partial charge in [0.25, 0.3) is 0 Å². The highest BCUT2D eigenvalue weighted by Crippen LogP contribution is 2.17. The van der Waals surface area contributed by atoms with Crippen LogP contribution in [0.25, 0.3) is 0 Å². The number of nitrogens with zero attached hydrogens (tertiary/aromatic N) is 1. The summed E-state index contributed by atoms with van der Waals surface area (Å²) in [5.74, 6) is 0.0407. The zero-order chi connectivity index (χ0) is 9.68. The quantitative estimate of drug-likeness (QED) is 0.725. The fourth-order valence-electron chi connectivity index (χ4n) is 1.13. The summed E-state index contributed by atoms with van der Waals surface area (Å²) < 4.78 is 0. The third-order valence-electron chi connectivity index (χ3n) is 1.85. The lowest BCUT2D eigenvalue weighted by molar-refractivity contribution is 0.473. The highest BCUT2D eigenvalue weighted by Gasteiger charge is 2.00. The van der Waals surface area contributed by atoms with E-state index in [1.54, 1.807) is 12.1 Å². The van der Waals surface area contributed by atoms with Gasteiger partial charge in [0.15, 0.2) is 0 Å². The summed E-state index contributed by atoms with van der Waals surface area (Å²) >= 11 is 0. The molecule has 0 bridgehead atoms. The molecule has 0 spiro atoms. The first-order chi connectivity index (χ1) is 6.27. The van der Waals surface area contributed by atoms with Crippen LogP contribution >= 0.6 is 0 Å². The Balaban J connectivity index is 2.82. The predicted molar refractivity (Wildman–Crippen MR) is 50.2 cm³/mol. The molecule has 1 aromatic carbocycles. The van der Waals surface area contributed by atoms with Crippen LogP contribution in [-0.4, -0.2) is 11.7 Å². The van der Waals surface area contributed by atoms with E-state index in [9.17, 15) is 5.11 Å². The maximum absolute atomic E-state index is 9.21. The Morgan fingerprint density at radius 3 is 2.85 bits per heavy atom. The topological polar surface area (TPSA) is 70.0 Å². The molecule has 0 atom stereocenters. The number of benzene rings is 1. The van der Waals surface area contributed by atoms with Crippen molar-refractivity contribution >= 4 is 0 Å². The monoisotopic (exact) mass is 176 g/mol. The number of phenols is 1. The zero-order valence-corrected chi connectivity index (χ0v) is 7.33. The van der Waals surface area contributed by atoms with Crippen molar-refractivity contribution in [1.29, 1.82) is 5.26 Å². The molecule has 0 aliphatic heterocycles. The van der Waals surface area contributed by atoms with Gasteiger partial charge in [-0.05, 0) is 37.1 Å². The van der Waals surface area contributed by atoms with Crippen LogP contribution in [0.15, 0.2) is 18.2 Å². The maximum atomic E-state index is 9.21. The van der Waals surface area contributed by atoms with E-state index in [0.29, 0.717) is 12.1 Å². The van der Waals surface area contributed by atoms with Crippen molar-refractivity contribution in [2.75, 3.05) is 6.54 Å². The van der Waals surface area contributed by atoms with Crippen LogP contribution in [0, 0.1) is 11.3 Å². The minimum atomic E-state index is 0.0407. The minimum Gasteiger partial charge on any atom is -0.507 e. The van der Waals surface area contributed by atoms with Crippen LogP contribution < -0.4 is 5.73 Å². The summed E-state index contributed by atoms with van der Waals surface area (Å²) in [6, 6.07) is 6.99. The molecule has 0 aliphatic carbocycles. The molecule has 13 heavy (non-hydrogen) atoms. The number of aryl methyl sites for hydroxylation is 1. The van der Waals surface area contributed by atoms with Gasteiger partial charge in [-0.25, -0.2) is 0 Å². The molecule has 3 nitrogen and oxygen atoms in total. The van der Waals surface area contributed by atoms with Crippen LogP contribution in [-0.2, 0) is 6.42 Å². The molecule has 0 radical (unpaired) electrons. The average molecular weight is 176 g/mol. The molecule has 1 rings (SSSR count). The summed E-state index contributed by atoms with van der Waals surface area (Å²) in [5.41, 5.74) is 6.73. The van der Waals surface area contributed by atoms with Crippen molar-refractivity contribution in [2.45, 2.75) is 12.8 Å². The second kappa shape index (κ2) is 4.48. The van der Waals surface area contributed by atoms with Crippen molar-refractivity contribution < 1.29 is 5.11 Å². The molecule has 0 heterocycles. The van der Waals surface area contributed by atoms with Gasteiger partial charge in [-0.2, -0.15) is 5.26 Å². The van der Waals surface area contributed by atoms with Crippen LogP contribution in [0.2, 0.25) is 0 Å². The van der Waals surface area contributed by atoms with E-state index >= 15 is 0 Å². The fraction of sp³-hybridized carbons (Fsp3) is 0.300. The number of nitriles is 1. The highest BCUT2D eigenvalue weighted by atomic mass is 16.3. The number of rotatable bonds is 3. The Kier molecular flexibility index (Phi) is 3.30. The molecule has 68 valence electrons. The molecule has 1 aromatic rings. The first-order valence-electron chi connectivity index (χ1n) is 4.20.